The third-order valence-electron chi connectivity index (χ3n) is 1.69. The largest absolute Gasteiger partial charge is 0.398 e. The van der Waals surface area contributed by atoms with Gasteiger partial charge in [-0.3, -0.25) is 9.35 Å². The van der Waals surface area contributed by atoms with Gasteiger partial charge in [-0.2, -0.15) is 8.42 Å². The molecule has 4 N–H and O–H groups in total. The Kier molecular flexibility index (Phi) is 3.41. The molecule has 0 aliphatic rings. The first-order valence-electron chi connectivity index (χ1n) is 4.06. The highest BCUT2D eigenvalue weighted by atomic mass is 35.5. The molecule has 1 amide bonds. The highest BCUT2D eigenvalue weighted by molar-refractivity contribution is 7.86. The average Bonchev–Trinajstić information content (AvgIpc) is 2.07. The first-order chi connectivity index (χ1) is 7.21. The Morgan fingerprint density at radius 2 is 2.06 bits per heavy atom. The van der Waals surface area contributed by atoms with E-state index in [1.165, 1.54) is 6.92 Å². The van der Waals surface area contributed by atoms with Gasteiger partial charge in [0.2, 0.25) is 5.91 Å². The minimum atomic E-state index is -4.42. The molecule has 0 aliphatic carbocycles. The van der Waals surface area contributed by atoms with Crippen molar-refractivity contribution < 1.29 is 17.8 Å². The maximum atomic E-state index is 10.9. The first-order valence-corrected chi connectivity index (χ1v) is 5.87. The Hall–Kier alpha value is -1.31. The molecule has 0 radical (unpaired) electrons. The Labute approximate surface area is 97.1 Å². The molecule has 0 aromatic heterocycles. The van der Waals surface area contributed by atoms with Gasteiger partial charge in [0.15, 0.2) is 0 Å². The standard InChI is InChI=1S/C8H9ClN2O4S/c1-4(12)11-7-3-6(10)8(2-5(7)9)16(13,14)15/h2-3H,10H2,1H3,(H,11,12)(H,13,14,15). The summed E-state index contributed by atoms with van der Waals surface area (Å²) in [5.41, 5.74) is 5.38. The van der Waals surface area contributed by atoms with Crippen LogP contribution in [0.4, 0.5) is 11.4 Å². The predicted molar refractivity (Wildman–Crippen MR) is 60.0 cm³/mol. The van der Waals surface area contributed by atoms with Gasteiger partial charge >= 0.3 is 0 Å². The molecular weight excluding hydrogens is 256 g/mol. The summed E-state index contributed by atoms with van der Waals surface area (Å²) < 4.78 is 30.6. The van der Waals surface area contributed by atoms with Crippen LogP contribution in [0.25, 0.3) is 0 Å². The lowest BCUT2D eigenvalue weighted by Crippen LogP contribution is -2.09. The van der Waals surface area contributed by atoms with Crippen LogP contribution in [-0.4, -0.2) is 18.9 Å². The summed E-state index contributed by atoms with van der Waals surface area (Å²) in [5, 5.41) is 2.33. The SMILES string of the molecule is CC(=O)Nc1cc(N)c(S(=O)(=O)O)cc1Cl. The van der Waals surface area contributed by atoms with Gasteiger partial charge in [-0.05, 0) is 12.1 Å². The molecule has 6 nitrogen and oxygen atoms in total. The molecule has 0 heterocycles. The molecule has 0 bridgehead atoms. The second-order valence-electron chi connectivity index (χ2n) is 3.03. The molecule has 0 saturated carbocycles. The first kappa shape index (κ1) is 12.8. The molecule has 0 atom stereocenters. The van der Waals surface area contributed by atoms with Crippen molar-refractivity contribution in [1.29, 1.82) is 0 Å². The number of carbonyl (C=O) groups excluding carboxylic acids is 1. The number of rotatable bonds is 2. The van der Waals surface area contributed by atoms with E-state index in [2.05, 4.69) is 5.32 Å². The van der Waals surface area contributed by atoms with E-state index < -0.39 is 15.0 Å². The Morgan fingerprint density at radius 1 is 1.50 bits per heavy atom. The Bertz CT molecular complexity index is 541. The molecule has 1 rings (SSSR count). The van der Waals surface area contributed by atoms with Crippen molar-refractivity contribution >= 4 is 39.0 Å². The summed E-state index contributed by atoms with van der Waals surface area (Å²) in [7, 11) is -4.42. The number of carbonyl (C=O) groups is 1. The Morgan fingerprint density at radius 3 is 2.50 bits per heavy atom. The number of benzene rings is 1. The minimum Gasteiger partial charge on any atom is -0.398 e. The molecular formula is C8H9ClN2O4S. The van der Waals surface area contributed by atoms with E-state index in [0.717, 1.165) is 12.1 Å². The fourth-order valence-electron chi connectivity index (χ4n) is 1.08. The highest BCUT2D eigenvalue weighted by Crippen LogP contribution is 2.30. The molecule has 1 aromatic rings. The Balaban J connectivity index is 3.33. The van der Waals surface area contributed by atoms with Gasteiger partial charge in [-0.15, -0.1) is 0 Å². The molecule has 0 saturated heterocycles. The maximum absolute atomic E-state index is 10.9. The highest BCUT2D eigenvalue weighted by Gasteiger charge is 2.17. The van der Waals surface area contributed by atoms with Gasteiger partial charge in [0.05, 0.1) is 16.4 Å². The zero-order valence-electron chi connectivity index (χ0n) is 8.19. The van der Waals surface area contributed by atoms with Gasteiger partial charge < -0.3 is 11.1 Å². The zero-order chi connectivity index (χ0) is 12.5. The van der Waals surface area contributed by atoms with Gasteiger partial charge in [0.1, 0.15) is 4.90 Å². The van der Waals surface area contributed by atoms with Crippen LogP contribution < -0.4 is 11.1 Å². The number of amides is 1. The predicted octanol–water partition coefficient (Wildman–Crippen LogP) is 1.13. The fraction of sp³-hybridized carbons (Fsp3) is 0.125. The number of hydrogen-bond acceptors (Lipinski definition) is 4. The van der Waals surface area contributed by atoms with Crippen molar-refractivity contribution in [2.75, 3.05) is 11.1 Å². The second kappa shape index (κ2) is 4.28. The van der Waals surface area contributed by atoms with Crippen molar-refractivity contribution in [3.8, 4) is 0 Å². The minimum absolute atomic E-state index is 0.0305. The van der Waals surface area contributed by atoms with Crippen LogP contribution in [-0.2, 0) is 14.9 Å². The zero-order valence-corrected chi connectivity index (χ0v) is 9.76. The number of anilines is 2. The topological polar surface area (TPSA) is 109 Å². The van der Waals surface area contributed by atoms with Crippen LogP contribution in [0.5, 0.6) is 0 Å². The van der Waals surface area contributed by atoms with Gasteiger partial charge in [0.25, 0.3) is 10.1 Å². The molecule has 8 heteroatoms. The van der Waals surface area contributed by atoms with Crippen LogP contribution in [0, 0.1) is 0 Å². The van der Waals surface area contributed by atoms with E-state index in [4.69, 9.17) is 21.9 Å². The maximum Gasteiger partial charge on any atom is 0.296 e. The molecule has 0 fully saturated rings. The van der Waals surface area contributed by atoms with Crippen LogP contribution in [0.2, 0.25) is 5.02 Å². The van der Waals surface area contributed by atoms with Gasteiger partial charge in [0, 0.05) is 6.92 Å². The number of nitrogens with two attached hydrogens (primary N) is 1. The molecule has 0 spiro atoms. The summed E-state index contributed by atoms with van der Waals surface area (Å²) in [6, 6.07) is 2.13. The van der Waals surface area contributed by atoms with Gasteiger partial charge in [-0.25, -0.2) is 0 Å². The fourth-order valence-corrected chi connectivity index (χ4v) is 1.98. The van der Waals surface area contributed by atoms with Crippen LogP contribution >= 0.6 is 11.6 Å². The van der Waals surface area contributed by atoms with Crippen molar-refractivity contribution in [2.45, 2.75) is 11.8 Å². The van der Waals surface area contributed by atoms with Crippen LogP contribution in [0.3, 0.4) is 0 Å². The third-order valence-corrected chi connectivity index (χ3v) is 2.91. The summed E-state index contributed by atoms with van der Waals surface area (Å²) in [6.07, 6.45) is 0. The summed E-state index contributed by atoms with van der Waals surface area (Å²) in [5.74, 6) is -0.374. The van der Waals surface area contributed by atoms with Crippen LogP contribution in [0.1, 0.15) is 6.92 Å². The van der Waals surface area contributed by atoms with E-state index in [1.54, 1.807) is 0 Å². The van der Waals surface area contributed by atoms with Crippen LogP contribution in [0.15, 0.2) is 17.0 Å². The number of nitrogen functional groups attached to an aromatic ring is 1. The third kappa shape index (κ3) is 2.84. The summed E-state index contributed by atoms with van der Waals surface area (Å²) >= 11 is 5.71. The average molecular weight is 265 g/mol. The number of halogens is 1. The van der Waals surface area contributed by atoms with Crippen molar-refractivity contribution in [2.24, 2.45) is 0 Å². The molecule has 88 valence electrons. The number of nitrogens with one attached hydrogen (secondary N) is 1. The van der Waals surface area contributed by atoms with E-state index in [-0.39, 0.29) is 22.3 Å². The molecule has 1 aromatic carbocycles. The van der Waals surface area contributed by atoms with Crippen molar-refractivity contribution in [3.05, 3.63) is 17.2 Å². The quantitative estimate of drug-likeness (QED) is 0.548. The van der Waals surface area contributed by atoms with Crippen molar-refractivity contribution in [1.82, 2.24) is 0 Å². The van der Waals surface area contributed by atoms with Crippen molar-refractivity contribution in [3.63, 3.8) is 0 Å². The van der Waals surface area contributed by atoms with E-state index in [0.29, 0.717) is 0 Å². The lowest BCUT2D eigenvalue weighted by atomic mass is 10.3. The lowest BCUT2D eigenvalue weighted by Gasteiger charge is -2.08. The summed E-state index contributed by atoms with van der Waals surface area (Å²) in [6.45, 7) is 1.27. The van der Waals surface area contributed by atoms with E-state index in [1.807, 2.05) is 0 Å². The molecule has 0 aliphatic heterocycles. The van der Waals surface area contributed by atoms with E-state index >= 15 is 0 Å². The molecule has 16 heavy (non-hydrogen) atoms. The van der Waals surface area contributed by atoms with Gasteiger partial charge in [-0.1, -0.05) is 11.6 Å². The summed E-state index contributed by atoms with van der Waals surface area (Å²) in [4.78, 5) is 10.3. The lowest BCUT2D eigenvalue weighted by molar-refractivity contribution is -0.114. The second-order valence-corrected chi connectivity index (χ2v) is 4.82. The van der Waals surface area contributed by atoms with E-state index in [9.17, 15) is 13.2 Å². The smallest absolute Gasteiger partial charge is 0.296 e. The molecule has 0 unspecified atom stereocenters. The normalized spacial score (nSPS) is 11.2. The number of hydrogen-bond donors (Lipinski definition) is 3. The monoisotopic (exact) mass is 264 g/mol.